The second-order valence-electron chi connectivity index (χ2n) is 6.26. The number of hydrogen-bond acceptors (Lipinski definition) is 3. The molecule has 0 fully saturated rings. The molecule has 4 nitrogen and oxygen atoms in total. The summed E-state index contributed by atoms with van der Waals surface area (Å²) in [6.07, 6.45) is 1.62. The van der Waals surface area contributed by atoms with Crippen LogP contribution in [0.3, 0.4) is 0 Å². The predicted molar refractivity (Wildman–Crippen MR) is 76.8 cm³/mol. The lowest BCUT2D eigenvalue weighted by atomic mass is 9.87. The molecule has 2 unspecified atom stereocenters. The summed E-state index contributed by atoms with van der Waals surface area (Å²) >= 11 is 0. The zero-order valence-electron chi connectivity index (χ0n) is 12.9. The summed E-state index contributed by atoms with van der Waals surface area (Å²) in [5.41, 5.74) is 0.154. The number of furan rings is 1. The van der Waals surface area contributed by atoms with Gasteiger partial charge in [0.2, 0.25) is 5.91 Å². The number of rotatable bonds is 5. The van der Waals surface area contributed by atoms with Gasteiger partial charge in [-0.25, -0.2) is 0 Å². The molecule has 1 N–H and O–H groups in total. The first-order chi connectivity index (χ1) is 8.71. The van der Waals surface area contributed by atoms with Crippen molar-refractivity contribution in [2.24, 2.45) is 5.41 Å². The summed E-state index contributed by atoms with van der Waals surface area (Å²) in [6.45, 7) is 11.0. The smallest absolute Gasteiger partial charge is 0.234 e. The summed E-state index contributed by atoms with van der Waals surface area (Å²) < 4.78 is 5.27. The van der Waals surface area contributed by atoms with E-state index in [4.69, 9.17) is 4.42 Å². The quantitative estimate of drug-likeness (QED) is 0.891. The minimum Gasteiger partial charge on any atom is -0.467 e. The third-order valence-electron chi connectivity index (χ3n) is 3.65. The Morgan fingerprint density at radius 1 is 1.42 bits per heavy atom. The van der Waals surface area contributed by atoms with Crippen molar-refractivity contribution < 1.29 is 9.21 Å². The summed E-state index contributed by atoms with van der Waals surface area (Å²) in [5.74, 6) is 0.794. The zero-order chi connectivity index (χ0) is 14.6. The summed E-state index contributed by atoms with van der Waals surface area (Å²) in [6, 6.07) is 3.93. The van der Waals surface area contributed by atoms with Crippen LogP contribution in [0.25, 0.3) is 0 Å². The van der Waals surface area contributed by atoms with Crippen molar-refractivity contribution >= 4 is 5.91 Å². The van der Waals surface area contributed by atoms with Crippen molar-refractivity contribution in [3.63, 3.8) is 0 Å². The standard InChI is InChI=1S/C15H26N2O2/c1-11(13-8-7-9-19-13)16-14(18)10-17(6)12(2)15(3,4)5/h7-9,11-12H,10H2,1-6H3,(H,16,18). The van der Waals surface area contributed by atoms with E-state index in [-0.39, 0.29) is 17.4 Å². The van der Waals surface area contributed by atoms with E-state index in [1.54, 1.807) is 6.26 Å². The third kappa shape index (κ3) is 4.71. The molecule has 1 heterocycles. The van der Waals surface area contributed by atoms with Gasteiger partial charge in [0.25, 0.3) is 0 Å². The number of nitrogens with zero attached hydrogens (tertiary/aromatic N) is 1. The average Bonchev–Trinajstić information content (AvgIpc) is 2.79. The molecule has 19 heavy (non-hydrogen) atoms. The van der Waals surface area contributed by atoms with Crippen LogP contribution in [0.4, 0.5) is 0 Å². The van der Waals surface area contributed by atoms with E-state index in [0.29, 0.717) is 12.6 Å². The Labute approximate surface area is 116 Å². The number of carbonyl (C=O) groups excluding carboxylic acids is 1. The minimum absolute atomic E-state index is 0.0162. The molecule has 0 saturated carbocycles. The number of amides is 1. The minimum atomic E-state index is -0.0964. The summed E-state index contributed by atoms with van der Waals surface area (Å²) in [7, 11) is 1.98. The molecule has 0 spiro atoms. The lowest BCUT2D eigenvalue weighted by Crippen LogP contribution is -2.45. The topological polar surface area (TPSA) is 45.5 Å². The van der Waals surface area contributed by atoms with Crippen LogP contribution < -0.4 is 5.32 Å². The van der Waals surface area contributed by atoms with Gasteiger partial charge in [-0.1, -0.05) is 20.8 Å². The molecule has 0 aromatic carbocycles. The van der Waals surface area contributed by atoms with Crippen LogP contribution in [0, 0.1) is 5.41 Å². The lowest BCUT2D eigenvalue weighted by Gasteiger charge is -2.35. The van der Waals surface area contributed by atoms with Crippen molar-refractivity contribution in [3.05, 3.63) is 24.2 Å². The fourth-order valence-corrected chi connectivity index (χ4v) is 1.92. The van der Waals surface area contributed by atoms with Gasteiger partial charge < -0.3 is 9.73 Å². The molecule has 2 atom stereocenters. The van der Waals surface area contributed by atoms with E-state index in [2.05, 4.69) is 37.9 Å². The Morgan fingerprint density at radius 2 is 2.05 bits per heavy atom. The lowest BCUT2D eigenvalue weighted by molar-refractivity contribution is -0.123. The normalized spacial score (nSPS) is 15.3. The van der Waals surface area contributed by atoms with Crippen LogP contribution >= 0.6 is 0 Å². The van der Waals surface area contributed by atoms with Crippen molar-refractivity contribution in [1.82, 2.24) is 10.2 Å². The fourth-order valence-electron chi connectivity index (χ4n) is 1.92. The van der Waals surface area contributed by atoms with Gasteiger partial charge in [-0.05, 0) is 38.4 Å². The maximum absolute atomic E-state index is 12.0. The van der Waals surface area contributed by atoms with Crippen LogP contribution in [0.5, 0.6) is 0 Å². The van der Waals surface area contributed by atoms with Crippen molar-refractivity contribution in [3.8, 4) is 0 Å². The highest BCUT2D eigenvalue weighted by molar-refractivity contribution is 5.78. The largest absolute Gasteiger partial charge is 0.467 e. The molecule has 0 saturated heterocycles. The highest BCUT2D eigenvalue weighted by atomic mass is 16.3. The molecule has 0 aliphatic carbocycles. The SMILES string of the molecule is CC(NC(=O)CN(C)C(C)C(C)(C)C)c1ccco1. The monoisotopic (exact) mass is 266 g/mol. The Bertz CT molecular complexity index is 393. The van der Waals surface area contributed by atoms with Gasteiger partial charge >= 0.3 is 0 Å². The first-order valence-corrected chi connectivity index (χ1v) is 6.75. The van der Waals surface area contributed by atoms with Crippen LogP contribution in [0.2, 0.25) is 0 Å². The van der Waals surface area contributed by atoms with Crippen molar-refractivity contribution in [2.45, 2.75) is 46.7 Å². The van der Waals surface area contributed by atoms with Crippen molar-refractivity contribution in [2.75, 3.05) is 13.6 Å². The number of nitrogens with one attached hydrogen (secondary N) is 1. The molecule has 4 heteroatoms. The van der Waals surface area contributed by atoms with Gasteiger partial charge in [0.1, 0.15) is 5.76 Å². The van der Waals surface area contributed by atoms with E-state index in [0.717, 1.165) is 5.76 Å². The molecular weight excluding hydrogens is 240 g/mol. The Kier molecular flexibility index (Phi) is 5.18. The van der Waals surface area contributed by atoms with Gasteiger partial charge in [-0.15, -0.1) is 0 Å². The van der Waals surface area contributed by atoms with Crippen LogP contribution in [-0.2, 0) is 4.79 Å². The molecular formula is C15H26N2O2. The second-order valence-corrected chi connectivity index (χ2v) is 6.26. The number of likely N-dealkylation sites (N-methyl/N-ethyl adjacent to an activating group) is 1. The first kappa shape index (κ1) is 15.8. The molecule has 1 amide bonds. The fraction of sp³-hybridized carbons (Fsp3) is 0.667. The predicted octanol–water partition coefficient (Wildman–Crippen LogP) is 2.82. The van der Waals surface area contributed by atoms with E-state index >= 15 is 0 Å². The van der Waals surface area contributed by atoms with Gasteiger partial charge in [-0.2, -0.15) is 0 Å². The second kappa shape index (κ2) is 6.24. The van der Waals surface area contributed by atoms with Gasteiger partial charge in [0.15, 0.2) is 0 Å². The molecule has 0 aliphatic rings. The molecule has 108 valence electrons. The molecule has 1 aromatic rings. The van der Waals surface area contributed by atoms with Crippen molar-refractivity contribution in [1.29, 1.82) is 0 Å². The average molecular weight is 266 g/mol. The van der Waals surface area contributed by atoms with Gasteiger partial charge in [0.05, 0.1) is 18.8 Å². The van der Waals surface area contributed by atoms with E-state index in [1.165, 1.54) is 0 Å². The van der Waals surface area contributed by atoms with E-state index in [9.17, 15) is 4.79 Å². The Morgan fingerprint density at radius 3 is 2.53 bits per heavy atom. The van der Waals surface area contributed by atoms with Gasteiger partial charge in [-0.3, -0.25) is 9.69 Å². The van der Waals surface area contributed by atoms with Crippen LogP contribution in [-0.4, -0.2) is 30.4 Å². The van der Waals surface area contributed by atoms with Crippen LogP contribution in [0.1, 0.15) is 46.4 Å². The molecule has 0 radical (unpaired) electrons. The number of carbonyl (C=O) groups is 1. The Balaban J connectivity index is 2.47. The molecule has 0 bridgehead atoms. The highest BCUT2D eigenvalue weighted by Crippen LogP contribution is 2.22. The van der Waals surface area contributed by atoms with E-state index in [1.807, 2.05) is 26.1 Å². The molecule has 1 rings (SSSR count). The van der Waals surface area contributed by atoms with Crippen LogP contribution in [0.15, 0.2) is 22.8 Å². The molecule has 0 aliphatic heterocycles. The summed E-state index contributed by atoms with van der Waals surface area (Å²) in [4.78, 5) is 14.1. The number of hydrogen-bond donors (Lipinski definition) is 1. The maximum atomic E-state index is 12.0. The Hall–Kier alpha value is -1.29. The highest BCUT2D eigenvalue weighted by Gasteiger charge is 2.25. The maximum Gasteiger partial charge on any atom is 0.234 e. The first-order valence-electron chi connectivity index (χ1n) is 6.75. The third-order valence-corrected chi connectivity index (χ3v) is 3.65. The zero-order valence-corrected chi connectivity index (χ0v) is 12.9. The van der Waals surface area contributed by atoms with E-state index < -0.39 is 0 Å². The van der Waals surface area contributed by atoms with Gasteiger partial charge in [0, 0.05) is 6.04 Å². The summed E-state index contributed by atoms with van der Waals surface area (Å²) in [5, 5.41) is 2.95. The molecule has 1 aromatic heterocycles.